The Balaban J connectivity index is 2.23. The molecule has 0 aliphatic carbocycles. The lowest BCUT2D eigenvalue weighted by Gasteiger charge is -2.13. The van der Waals surface area contributed by atoms with E-state index in [4.69, 9.17) is 5.73 Å². The standard InChI is InChI=1S/C9H14N6/c1-7(2-3-10)13-8-9-14-12-6-15(9)5-4-11-8/h4-7H,2-3,10H2,1H3,(H,11,13). The molecule has 3 N–H and O–H groups in total. The number of anilines is 1. The van der Waals surface area contributed by atoms with Crippen LogP contribution in [0.3, 0.4) is 0 Å². The highest BCUT2D eigenvalue weighted by Crippen LogP contribution is 2.11. The van der Waals surface area contributed by atoms with Gasteiger partial charge in [0, 0.05) is 18.4 Å². The van der Waals surface area contributed by atoms with Gasteiger partial charge in [0.15, 0.2) is 5.82 Å². The topological polar surface area (TPSA) is 81.1 Å². The second-order valence-electron chi connectivity index (χ2n) is 3.46. The summed E-state index contributed by atoms with van der Waals surface area (Å²) in [5.41, 5.74) is 6.22. The summed E-state index contributed by atoms with van der Waals surface area (Å²) in [5.74, 6) is 0.746. The van der Waals surface area contributed by atoms with Crippen LogP contribution in [0.2, 0.25) is 0 Å². The molecular formula is C9H14N6. The molecule has 0 spiro atoms. The molecule has 1 atom stereocenters. The fourth-order valence-electron chi connectivity index (χ4n) is 1.42. The Morgan fingerprint density at radius 3 is 3.27 bits per heavy atom. The second kappa shape index (κ2) is 4.22. The third kappa shape index (κ3) is 2.04. The van der Waals surface area contributed by atoms with Crippen LogP contribution in [0.15, 0.2) is 18.7 Å². The van der Waals surface area contributed by atoms with E-state index in [-0.39, 0.29) is 6.04 Å². The minimum Gasteiger partial charge on any atom is -0.364 e. The maximum Gasteiger partial charge on any atom is 0.203 e. The Morgan fingerprint density at radius 2 is 2.47 bits per heavy atom. The van der Waals surface area contributed by atoms with Gasteiger partial charge in [0.1, 0.15) is 6.33 Å². The average Bonchev–Trinajstić information content (AvgIpc) is 2.67. The van der Waals surface area contributed by atoms with Crippen molar-refractivity contribution >= 4 is 11.5 Å². The molecule has 0 amide bonds. The summed E-state index contributed by atoms with van der Waals surface area (Å²) >= 11 is 0. The van der Waals surface area contributed by atoms with Crippen LogP contribution < -0.4 is 11.1 Å². The molecule has 0 aliphatic heterocycles. The molecule has 1 unspecified atom stereocenters. The number of fused-ring (bicyclic) bond motifs is 1. The van der Waals surface area contributed by atoms with Gasteiger partial charge < -0.3 is 11.1 Å². The highest BCUT2D eigenvalue weighted by Gasteiger charge is 2.07. The van der Waals surface area contributed by atoms with Crippen LogP contribution in [-0.2, 0) is 0 Å². The molecule has 2 aromatic rings. The molecule has 6 heteroatoms. The highest BCUT2D eigenvalue weighted by atomic mass is 15.2. The van der Waals surface area contributed by atoms with Crippen LogP contribution in [0.1, 0.15) is 13.3 Å². The third-order valence-corrected chi connectivity index (χ3v) is 2.20. The van der Waals surface area contributed by atoms with Crippen LogP contribution in [0.4, 0.5) is 5.82 Å². The van der Waals surface area contributed by atoms with Crippen LogP contribution in [-0.4, -0.2) is 32.2 Å². The fraction of sp³-hybridized carbons (Fsp3) is 0.444. The Bertz CT molecular complexity index is 437. The summed E-state index contributed by atoms with van der Waals surface area (Å²) in [6.07, 6.45) is 6.08. The number of nitrogens with one attached hydrogen (secondary N) is 1. The number of hydrogen-bond donors (Lipinski definition) is 2. The normalized spacial score (nSPS) is 12.9. The van der Waals surface area contributed by atoms with E-state index >= 15 is 0 Å². The zero-order valence-corrected chi connectivity index (χ0v) is 8.59. The molecule has 0 aliphatic rings. The molecule has 0 aromatic carbocycles. The van der Waals surface area contributed by atoms with Crippen molar-refractivity contribution in [1.82, 2.24) is 19.6 Å². The summed E-state index contributed by atoms with van der Waals surface area (Å²) in [5, 5.41) is 11.1. The summed E-state index contributed by atoms with van der Waals surface area (Å²) in [6, 6.07) is 0.283. The van der Waals surface area contributed by atoms with Gasteiger partial charge in [-0.3, -0.25) is 4.40 Å². The third-order valence-electron chi connectivity index (χ3n) is 2.20. The van der Waals surface area contributed by atoms with E-state index in [1.54, 1.807) is 12.5 Å². The lowest BCUT2D eigenvalue weighted by molar-refractivity contribution is 0.713. The Hall–Kier alpha value is -1.69. The summed E-state index contributed by atoms with van der Waals surface area (Å²) in [4.78, 5) is 4.23. The van der Waals surface area contributed by atoms with Crippen LogP contribution in [0.25, 0.3) is 5.65 Å². The molecule has 6 nitrogen and oxygen atoms in total. The molecule has 0 saturated carbocycles. The van der Waals surface area contributed by atoms with Gasteiger partial charge in [-0.15, -0.1) is 10.2 Å². The van der Waals surface area contributed by atoms with Crippen molar-refractivity contribution in [2.45, 2.75) is 19.4 Å². The first kappa shape index (κ1) is 9.85. The van der Waals surface area contributed by atoms with E-state index in [1.807, 2.05) is 10.6 Å². The van der Waals surface area contributed by atoms with E-state index in [1.165, 1.54) is 0 Å². The predicted octanol–water partition coefficient (Wildman–Crippen LogP) is 0.273. The first-order valence-corrected chi connectivity index (χ1v) is 4.92. The maximum absolute atomic E-state index is 5.48. The van der Waals surface area contributed by atoms with Crippen molar-refractivity contribution in [2.24, 2.45) is 5.73 Å². The lowest BCUT2D eigenvalue weighted by Crippen LogP contribution is -2.20. The lowest BCUT2D eigenvalue weighted by atomic mass is 10.2. The smallest absolute Gasteiger partial charge is 0.203 e. The van der Waals surface area contributed by atoms with E-state index in [0.29, 0.717) is 6.54 Å². The van der Waals surface area contributed by atoms with Gasteiger partial charge >= 0.3 is 0 Å². The molecule has 0 fully saturated rings. The fourth-order valence-corrected chi connectivity index (χ4v) is 1.42. The van der Waals surface area contributed by atoms with E-state index < -0.39 is 0 Å². The van der Waals surface area contributed by atoms with Gasteiger partial charge in [0.2, 0.25) is 5.65 Å². The number of aromatic nitrogens is 4. The maximum atomic E-state index is 5.48. The number of rotatable bonds is 4. The number of nitrogens with two attached hydrogens (primary N) is 1. The molecular weight excluding hydrogens is 192 g/mol. The van der Waals surface area contributed by atoms with Gasteiger partial charge in [-0.1, -0.05) is 0 Å². The van der Waals surface area contributed by atoms with E-state index in [9.17, 15) is 0 Å². The summed E-state index contributed by atoms with van der Waals surface area (Å²) in [6.45, 7) is 2.72. The Morgan fingerprint density at radius 1 is 1.60 bits per heavy atom. The SMILES string of the molecule is CC(CCN)Nc1nccn2cnnc12. The van der Waals surface area contributed by atoms with Crippen molar-refractivity contribution in [2.75, 3.05) is 11.9 Å². The predicted molar refractivity (Wildman–Crippen MR) is 57.5 cm³/mol. The van der Waals surface area contributed by atoms with Gasteiger partial charge in [-0.05, 0) is 19.9 Å². The van der Waals surface area contributed by atoms with Gasteiger partial charge in [-0.2, -0.15) is 0 Å². The summed E-state index contributed by atoms with van der Waals surface area (Å²) in [7, 11) is 0. The Kier molecular flexibility index (Phi) is 2.77. The quantitative estimate of drug-likeness (QED) is 0.750. The molecule has 0 saturated heterocycles. The van der Waals surface area contributed by atoms with Gasteiger partial charge in [0.05, 0.1) is 0 Å². The van der Waals surface area contributed by atoms with E-state index in [2.05, 4.69) is 27.4 Å². The van der Waals surface area contributed by atoms with Gasteiger partial charge in [-0.25, -0.2) is 4.98 Å². The summed E-state index contributed by atoms with van der Waals surface area (Å²) < 4.78 is 1.82. The second-order valence-corrected chi connectivity index (χ2v) is 3.46. The highest BCUT2D eigenvalue weighted by molar-refractivity contribution is 5.61. The van der Waals surface area contributed by atoms with Gasteiger partial charge in [0.25, 0.3) is 0 Å². The zero-order chi connectivity index (χ0) is 10.7. The molecule has 0 radical (unpaired) electrons. The van der Waals surface area contributed by atoms with Crippen molar-refractivity contribution in [3.05, 3.63) is 18.7 Å². The molecule has 2 heterocycles. The molecule has 80 valence electrons. The Labute approximate surface area is 87.5 Å². The van der Waals surface area contributed by atoms with Crippen LogP contribution in [0.5, 0.6) is 0 Å². The monoisotopic (exact) mass is 206 g/mol. The van der Waals surface area contributed by atoms with Crippen molar-refractivity contribution in [1.29, 1.82) is 0 Å². The van der Waals surface area contributed by atoms with Crippen molar-refractivity contribution < 1.29 is 0 Å². The molecule has 2 rings (SSSR count). The molecule has 15 heavy (non-hydrogen) atoms. The zero-order valence-electron chi connectivity index (χ0n) is 8.59. The average molecular weight is 206 g/mol. The largest absolute Gasteiger partial charge is 0.364 e. The van der Waals surface area contributed by atoms with Crippen molar-refractivity contribution in [3.63, 3.8) is 0 Å². The number of nitrogens with zero attached hydrogens (tertiary/aromatic N) is 4. The van der Waals surface area contributed by atoms with Crippen molar-refractivity contribution in [3.8, 4) is 0 Å². The first-order chi connectivity index (χ1) is 7.31. The van der Waals surface area contributed by atoms with Crippen LogP contribution in [0, 0.1) is 0 Å². The number of hydrogen-bond acceptors (Lipinski definition) is 5. The minimum absolute atomic E-state index is 0.283. The molecule has 0 bridgehead atoms. The first-order valence-electron chi connectivity index (χ1n) is 4.92. The minimum atomic E-state index is 0.283. The van der Waals surface area contributed by atoms with E-state index in [0.717, 1.165) is 17.9 Å². The van der Waals surface area contributed by atoms with Crippen LogP contribution >= 0.6 is 0 Å². The molecule has 2 aromatic heterocycles.